The maximum Gasteiger partial charge on any atom is 0.123 e. The van der Waals surface area contributed by atoms with Crippen molar-refractivity contribution in [3.05, 3.63) is 71.0 Å². The summed E-state index contributed by atoms with van der Waals surface area (Å²) in [6.07, 6.45) is 0.227. The minimum atomic E-state index is -0.399. The van der Waals surface area contributed by atoms with Crippen LogP contribution in [0.4, 0.5) is 4.39 Å². The third kappa shape index (κ3) is 3.01. The van der Waals surface area contributed by atoms with E-state index in [2.05, 4.69) is 11.0 Å². The first kappa shape index (κ1) is 14.7. The topological polar surface area (TPSA) is 47.3 Å². The highest BCUT2D eigenvalue weighted by Gasteiger charge is 2.32. The first-order chi connectivity index (χ1) is 10.7. The molecule has 1 N–H and O–H groups in total. The normalized spacial score (nSPS) is 21.7. The summed E-state index contributed by atoms with van der Waals surface area (Å²) in [4.78, 5) is 2.15. The summed E-state index contributed by atoms with van der Waals surface area (Å²) >= 11 is 0. The smallest absolute Gasteiger partial charge is 0.123 e. The van der Waals surface area contributed by atoms with Gasteiger partial charge in [0, 0.05) is 19.1 Å². The van der Waals surface area contributed by atoms with Crippen LogP contribution in [0.1, 0.15) is 29.2 Å². The van der Waals surface area contributed by atoms with Gasteiger partial charge in [0.1, 0.15) is 5.82 Å². The van der Waals surface area contributed by atoms with Crippen LogP contribution in [0.2, 0.25) is 0 Å². The molecule has 2 atom stereocenters. The van der Waals surface area contributed by atoms with Gasteiger partial charge in [0.15, 0.2) is 0 Å². The Bertz CT molecular complexity index is 693. The largest absolute Gasteiger partial charge is 0.392 e. The van der Waals surface area contributed by atoms with Gasteiger partial charge in [-0.25, -0.2) is 4.39 Å². The molecule has 2 aromatic carbocycles. The van der Waals surface area contributed by atoms with Gasteiger partial charge in [0.25, 0.3) is 0 Å². The molecule has 0 aliphatic carbocycles. The third-order valence-electron chi connectivity index (χ3n) is 4.15. The van der Waals surface area contributed by atoms with E-state index in [0.717, 1.165) is 11.1 Å². The lowest BCUT2D eigenvalue weighted by molar-refractivity contribution is 0.172. The maximum atomic E-state index is 13.1. The van der Waals surface area contributed by atoms with Gasteiger partial charge in [-0.05, 0) is 35.7 Å². The summed E-state index contributed by atoms with van der Waals surface area (Å²) in [5, 5.41) is 19.2. The van der Waals surface area contributed by atoms with Crippen LogP contribution in [0, 0.1) is 17.1 Å². The van der Waals surface area contributed by atoms with Crippen molar-refractivity contribution in [2.45, 2.75) is 25.1 Å². The number of halogens is 1. The Morgan fingerprint density at radius 2 is 1.91 bits per heavy atom. The fourth-order valence-electron chi connectivity index (χ4n) is 3.07. The predicted molar refractivity (Wildman–Crippen MR) is 81.3 cm³/mol. The van der Waals surface area contributed by atoms with Crippen LogP contribution in [0.25, 0.3) is 0 Å². The molecule has 0 amide bonds. The second kappa shape index (κ2) is 6.27. The average molecular weight is 296 g/mol. The standard InChI is InChI=1S/C18H17FN2O/c19-16-7-5-13(6-8-16)18-9-17(22)12-21(18)11-15-4-2-1-3-14(15)10-20/h1-8,17-18,22H,9,11-12H2/t17-,18+/m1/s1. The number of likely N-dealkylation sites (tertiary alicyclic amines) is 1. The molecule has 22 heavy (non-hydrogen) atoms. The number of hydrogen-bond acceptors (Lipinski definition) is 3. The van der Waals surface area contributed by atoms with Crippen LogP contribution < -0.4 is 0 Å². The highest BCUT2D eigenvalue weighted by atomic mass is 19.1. The van der Waals surface area contributed by atoms with Gasteiger partial charge in [0.2, 0.25) is 0 Å². The van der Waals surface area contributed by atoms with Gasteiger partial charge in [-0.2, -0.15) is 5.26 Å². The Balaban J connectivity index is 1.85. The molecule has 0 saturated carbocycles. The zero-order chi connectivity index (χ0) is 15.5. The molecular formula is C18H17FN2O. The molecule has 1 saturated heterocycles. The lowest BCUT2D eigenvalue weighted by Gasteiger charge is -2.25. The summed E-state index contributed by atoms with van der Waals surface area (Å²) in [5.41, 5.74) is 2.60. The number of nitrogens with zero attached hydrogens (tertiary/aromatic N) is 2. The van der Waals surface area contributed by atoms with Gasteiger partial charge in [-0.1, -0.05) is 30.3 Å². The van der Waals surface area contributed by atoms with Crippen molar-refractivity contribution in [1.29, 1.82) is 5.26 Å². The molecule has 0 spiro atoms. The van der Waals surface area contributed by atoms with Crippen LogP contribution in [-0.2, 0) is 6.54 Å². The first-order valence-electron chi connectivity index (χ1n) is 7.33. The van der Waals surface area contributed by atoms with Gasteiger partial charge in [-0.15, -0.1) is 0 Å². The molecule has 1 aliphatic heterocycles. The minimum absolute atomic E-state index is 0.0438. The van der Waals surface area contributed by atoms with Crippen LogP contribution in [0.5, 0.6) is 0 Å². The average Bonchev–Trinajstić information content (AvgIpc) is 2.89. The SMILES string of the molecule is N#Cc1ccccc1CN1C[C@H](O)C[C@H]1c1ccc(F)cc1. The Kier molecular flexibility index (Phi) is 4.19. The van der Waals surface area contributed by atoms with Crippen LogP contribution in [0.15, 0.2) is 48.5 Å². The van der Waals surface area contributed by atoms with Crippen LogP contribution >= 0.6 is 0 Å². The number of rotatable bonds is 3. The molecule has 0 radical (unpaired) electrons. The van der Waals surface area contributed by atoms with Crippen molar-refractivity contribution < 1.29 is 9.50 Å². The van der Waals surface area contributed by atoms with Crippen LogP contribution in [-0.4, -0.2) is 22.7 Å². The number of benzene rings is 2. The van der Waals surface area contributed by atoms with Crippen molar-refractivity contribution in [2.24, 2.45) is 0 Å². The van der Waals surface area contributed by atoms with E-state index in [9.17, 15) is 14.8 Å². The van der Waals surface area contributed by atoms with E-state index < -0.39 is 6.10 Å². The molecule has 1 heterocycles. The van der Waals surface area contributed by atoms with E-state index in [1.54, 1.807) is 18.2 Å². The Labute approximate surface area is 129 Å². The molecule has 3 rings (SSSR count). The van der Waals surface area contributed by atoms with Crippen molar-refractivity contribution in [3.8, 4) is 6.07 Å². The number of hydrogen-bond donors (Lipinski definition) is 1. The fourth-order valence-corrected chi connectivity index (χ4v) is 3.07. The summed E-state index contributed by atoms with van der Waals surface area (Å²) in [6, 6.07) is 16.2. The van der Waals surface area contributed by atoms with Crippen molar-refractivity contribution >= 4 is 0 Å². The number of nitriles is 1. The summed E-state index contributed by atoms with van der Waals surface area (Å²) in [6.45, 7) is 1.16. The van der Waals surface area contributed by atoms with E-state index in [1.807, 2.05) is 18.2 Å². The van der Waals surface area contributed by atoms with Gasteiger partial charge >= 0.3 is 0 Å². The molecule has 112 valence electrons. The highest BCUT2D eigenvalue weighted by Crippen LogP contribution is 2.33. The molecular weight excluding hydrogens is 279 g/mol. The second-order valence-electron chi connectivity index (χ2n) is 5.66. The Morgan fingerprint density at radius 3 is 2.64 bits per heavy atom. The molecule has 1 fully saturated rings. The number of aliphatic hydroxyl groups is 1. The van der Waals surface area contributed by atoms with E-state index in [0.29, 0.717) is 25.1 Å². The Morgan fingerprint density at radius 1 is 1.18 bits per heavy atom. The third-order valence-corrected chi connectivity index (χ3v) is 4.15. The lowest BCUT2D eigenvalue weighted by atomic mass is 10.0. The molecule has 0 unspecified atom stereocenters. The zero-order valence-corrected chi connectivity index (χ0v) is 12.1. The number of aliphatic hydroxyl groups excluding tert-OH is 1. The zero-order valence-electron chi connectivity index (χ0n) is 12.1. The van der Waals surface area contributed by atoms with Crippen molar-refractivity contribution in [1.82, 2.24) is 4.90 Å². The second-order valence-corrected chi connectivity index (χ2v) is 5.66. The number of β-amino-alcohol motifs (C(OH)–C–C–N with tert-alkyl or cyclic N) is 1. The van der Waals surface area contributed by atoms with Gasteiger partial charge in [0.05, 0.1) is 17.7 Å². The van der Waals surface area contributed by atoms with E-state index in [4.69, 9.17) is 0 Å². The summed E-state index contributed by atoms with van der Waals surface area (Å²) in [5.74, 6) is -0.260. The molecule has 2 aromatic rings. The summed E-state index contributed by atoms with van der Waals surface area (Å²) in [7, 11) is 0. The van der Waals surface area contributed by atoms with E-state index >= 15 is 0 Å². The van der Waals surface area contributed by atoms with Gasteiger partial charge in [-0.3, -0.25) is 4.90 Å². The molecule has 0 aromatic heterocycles. The van der Waals surface area contributed by atoms with Crippen molar-refractivity contribution in [2.75, 3.05) is 6.54 Å². The Hall–Kier alpha value is -2.22. The first-order valence-corrected chi connectivity index (χ1v) is 7.33. The predicted octanol–water partition coefficient (Wildman–Crippen LogP) is 3.01. The van der Waals surface area contributed by atoms with Crippen molar-refractivity contribution in [3.63, 3.8) is 0 Å². The maximum absolute atomic E-state index is 13.1. The lowest BCUT2D eigenvalue weighted by Crippen LogP contribution is -2.24. The highest BCUT2D eigenvalue weighted by molar-refractivity contribution is 5.37. The molecule has 1 aliphatic rings. The quantitative estimate of drug-likeness (QED) is 0.947. The molecule has 0 bridgehead atoms. The molecule has 4 heteroatoms. The molecule has 3 nitrogen and oxygen atoms in total. The van der Waals surface area contributed by atoms with E-state index in [1.165, 1.54) is 12.1 Å². The van der Waals surface area contributed by atoms with Gasteiger partial charge < -0.3 is 5.11 Å². The van der Waals surface area contributed by atoms with Crippen LogP contribution in [0.3, 0.4) is 0 Å². The minimum Gasteiger partial charge on any atom is -0.392 e. The van der Waals surface area contributed by atoms with E-state index in [-0.39, 0.29) is 11.9 Å². The monoisotopic (exact) mass is 296 g/mol. The fraction of sp³-hybridized carbons (Fsp3) is 0.278. The summed E-state index contributed by atoms with van der Waals surface area (Å²) < 4.78 is 13.1.